The van der Waals surface area contributed by atoms with Gasteiger partial charge in [0.05, 0.1) is 0 Å². The molecule has 0 fully saturated rings. The number of aliphatic carboxylic acids is 1. The summed E-state index contributed by atoms with van der Waals surface area (Å²) in [7, 11) is 0. The number of carboxylic acids is 1. The molecule has 0 unspecified atom stereocenters. The second-order valence-electron chi connectivity index (χ2n) is 2.25. The van der Waals surface area contributed by atoms with E-state index in [0.29, 0.717) is 5.69 Å². The summed E-state index contributed by atoms with van der Waals surface area (Å²) in [6, 6.07) is 5.50. The molecule has 1 rings (SSSR count). The van der Waals surface area contributed by atoms with Gasteiger partial charge in [-0.1, -0.05) is 0 Å². The Morgan fingerprint density at radius 3 is 2.38 bits per heavy atom. The zero-order valence-electron chi connectivity index (χ0n) is 7.25. The summed E-state index contributed by atoms with van der Waals surface area (Å²) in [5, 5.41) is 10.9. The summed E-state index contributed by atoms with van der Waals surface area (Å²) in [5.74, 6) is -1.28. The van der Waals surface area contributed by atoms with Gasteiger partial charge < -0.3 is 10.4 Å². The van der Waals surface area contributed by atoms with Gasteiger partial charge in [0, 0.05) is 57.1 Å². The van der Waals surface area contributed by atoms with Crippen LogP contribution in [0.5, 0.6) is 0 Å². The topological polar surface area (TPSA) is 49.3 Å². The van der Waals surface area contributed by atoms with E-state index in [1.807, 2.05) is 0 Å². The van der Waals surface area contributed by atoms with E-state index >= 15 is 0 Å². The third-order valence-corrected chi connectivity index (χ3v) is 1.29. The second kappa shape index (κ2) is 6.50. The second-order valence-corrected chi connectivity index (χ2v) is 2.25. The van der Waals surface area contributed by atoms with Crippen molar-refractivity contribution < 1.29 is 14.3 Å². The van der Waals surface area contributed by atoms with E-state index in [0.717, 1.165) is 0 Å². The molecule has 0 saturated carbocycles. The SMILES string of the molecule is O=C(O)CNc1ccc(F)cc1.[K]. The molecular formula is C8H8FKNO2. The first-order valence-corrected chi connectivity index (χ1v) is 3.40. The number of carboxylic acid groups (broad SMARTS) is 1. The molecule has 0 saturated heterocycles. The summed E-state index contributed by atoms with van der Waals surface area (Å²) >= 11 is 0. The zero-order valence-corrected chi connectivity index (χ0v) is 10.4. The van der Waals surface area contributed by atoms with Gasteiger partial charge in [0.1, 0.15) is 12.4 Å². The van der Waals surface area contributed by atoms with Crippen LogP contribution in [0.25, 0.3) is 0 Å². The number of hydrogen-bond acceptors (Lipinski definition) is 2. The van der Waals surface area contributed by atoms with Gasteiger partial charge >= 0.3 is 5.97 Å². The molecule has 0 bridgehead atoms. The maximum Gasteiger partial charge on any atom is 0.322 e. The van der Waals surface area contributed by atoms with Gasteiger partial charge in [-0.2, -0.15) is 0 Å². The van der Waals surface area contributed by atoms with E-state index in [9.17, 15) is 9.18 Å². The quantitative estimate of drug-likeness (QED) is 0.727. The molecule has 0 amide bonds. The number of carbonyl (C=O) groups is 1. The van der Waals surface area contributed by atoms with Crippen molar-refractivity contribution in [1.29, 1.82) is 0 Å². The Hall–Kier alpha value is 0.0564. The average molecular weight is 208 g/mol. The minimum absolute atomic E-state index is 0. The van der Waals surface area contributed by atoms with Gasteiger partial charge in [0.25, 0.3) is 0 Å². The first kappa shape index (κ1) is 13.1. The van der Waals surface area contributed by atoms with Gasteiger partial charge in [-0.15, -0.1) is 0 Å². The van der Waals surface area contributed by atoms with Crippen molar-refractivity contribution in [2.45, 2.75) is 0 Å². The van der Waals surface area contributed by atoms with Gasteiger partial charge in [-0.25, -0.2) is 4.39 Å². The minimum atomic E-state index is -0.945. The van der Waals surface area contributed by atoms with Crippen LogP contribution in [-0.2, 0) is 4.79 Å². The fourth-order valence-corrected chi connectivity index (χ4v) is 0.745. The monoisotopic (exact) mass is 208 g/mol. The van der Waals surface area contributed by atoms with Crippen LogP contribution < -0.4 is 5.32 Å². The molecular weight excluding hydrogens is 200 g/mol. The van der Waals surface area contributed by atoms with Crippen LogP contribution in [0.2, 0.25) is 0 Å². The van der Waals surface area contributed by atoms with Gasteiger partial charge in [-0.05, 0) is 24.3 Å². The molecule has 0 spiro atoms. The minimum Gasteiger partial charge on any atom is -0.480 e. The Morgan fingerprint density at radius 2 is 1.92 bits per heavy atom. The van der Waals surface area contributed by atoms with Crippen LogP contribution in [0.4, 0.5) is 10.1 Å². The Kier molecular flexibility index (Phi) is 6.53. The molecule has 0 aliphatic heterocycles. The maximum absolute atomic E-state index is 12.3. The molecule has 13 heavy (non-hydrogen) atoms. The summed E-state index contributed by atoms with van der Waals surface area (Å²) in [6.45, 7) is -0.161. The van der Waals surface area contributed by atoms with E-state index in [2.05, 4.69) is 5.32 Å². The van der Waals surface area contributed by atoms with Crippen LogP contribution in [0.3, 0.4) is 0 Å². The molecule has 3 nitrogen and oxygen atoms in total. The van der Waals surface area contributed by atoms with Gasteiger partial charge in [0.2, 0.25) is 0 Å². The zero-order chi connectivity index (χ0) is 8.97. The van der Waals surface area contributed by atoms with Crippen molar-refractivity contribution >= 4 is 63.0 Å². The fraction of sp³-hybridized carbons (Fsp3) is 0.125. The normalized spacial score (nSPS) is 8.69. The molecule has 1 radical (unpaired) electrons. The number of nitrogens with one attached hydrogen (secondary N) is 1. The van der Waals surface area contributed by atoms with E-state index in [-0.39, 0.29) is 63.7 Å². The van der Waals surface area contributed by atoms with Crippen molar-refractivity contribution in [2.75, 3.05) is 11.9 Å². The molecule has 0 aromatic heterocycles. The first-order valence-electron chi connectivity index (χ1n) is 3.40. The molecule has 0 atom stereocenters. The third-order valence-electron chi connectivity index (χ3n) is 1.29. The van der Waals surface area contributed by atoms with E-state index in [1.165, 1.54) is 24.3 Å². The van der Waals surface area contributed by atoms with E-state index in [1.54, 1.807) is 0 Å². The fourth-order valence-electron chi connectivity index (χ4n) is 0.745. The summed E-state index contributed by atoms with van der Waals surface area (Å²) < 4.78 is 12.3. The Bertz CT molecular complexity index is 276. The van der Waals surface area contributed by atoms with Crippen LogP contribution >= 0.6 is 0 Å². The average Bonchev–Trinajstić information content (AvgIpc) is 2.03. The van der Waals surface area contributed by atoms with E-state index in [4.69, 9.17) is 5.11 Å². The Balaban J connectivity index is 0.00000144. The summed E-state index contributed by atoms with van der Waals surface area (Å²) in [5.41, 5.74) is 0.596. The van der Waals surface area contributed by atoms with Crippen LogP contribution in [0, 0.1) is 5.82 Å². The Morgan fingerprint density at radius 1 is 1.38 bits per heavy atom. The molecule has 0 aliphatic carbocycles. The number of rotatable bonds is 3. The predicted octanol–water partition coefficient (Wildman–Crippen LogP) is 0.941. The van der Waals surface area contributed by atoms with Gasteiger partial charge in [0.15, 0.2) is 0 Å². The standard InChI is InChI=1S/C8H8FNO2.K/c9-6-1-3-7(4-2-6)10-5-8(11)12;/h1-4,10H,5H2,(H,11,12);. The van der Waals surface area contributed by atoms with Crippen LogP contribution in [0.1, 0.15) is 0 Å². The molecule has 65 valence electrons. The number of halogens is 1. The van der Waals surface area contributed by atoms with Crippen molar-refractivity contribution in [3.63, 3.8) is 0 Å². The maximum atomic E-state index is 12.3. The largest absolute Gasteiger partial charge is 0.480 e. The molecule has 0 heterocycles. The summed E-state index contributed by atoms with van der Waals surface area (Å²) in [6.07, 6.45) is 0. The van der Waals surface area contributed by atoms with Crippen LogP contribution in [0.15, 0.2) is 24.3 Å². The predicted molar refractivity (Wildman–Crippen MR) is 48.3 cm³/mol. The summed E-state index contributed by atoms with van der Waals surface area (Å²) in [4.78, 5) is 10.1. The number of benzene rings is 1. The van der Waals surface area contributed by atoms with Crippen molar-refractivity contribution in [3.8, 4) is 0 Å². The first-order chi connectivity index (χ1) is 5.68. The van der Waals surface area contributed by atoms with E-state index < -0.39 is 5.97 Å². The molecule has 2 N–H and O–H groups in total. The molecule has 1 aromatic carbocycles. The smallest absolute Gasteiger partial charge is 0.322 e. The molecule has 0 aliphatic rings. The molecule has 5 heteroatoms. The van der Waals surface area contributed by atoms with Crippen molar-refractivity contribution in [2.24, 2.45) is 0 Å². The van der Waals surface area contributed by atoms with Crippen molar-refractivity contribution in [3.05, 3.63) is 30.1 Å². The number of hydrogen-bond donors (Lipinski definition) is 2. The molecule has 1 aromatic rings. The third kappa shape index (κ3) is 5.38. The van der Waals surface area contributed by atoms with Crippen molar-refractivity contribution in [1.82, 2.24) is 0 Å². The number of anilines is 1. The van der Waals surface area contributed by atoms with Crippen LogP contribution in [-0.4, -0.2) is 69.0 Å². The van der Waals surface area contributed by atoms with Gasteiger partial charge in [-0.3, -0.25) is 4.79 Å². The Labute approximate surface area is 118 Å².